The number of rotatable bonds is 4. The van der Waals surface area contributed by atoms with Crippen molar-refractivity contribution in [3.63, 3.8) is 0 Å². The second kappa shape index (κ2) is 7.08. The van der Waals surface area contributed by atoms with Gasteiger partial charge in [-0.05, 0) is 25.1 Å². The molecule has 0 unspecified atom stereocenters. The molecule has 1 saturated heterocycles. The van der Waals surface area contributed by atoms with E-state index < -0.39 is 0 Å². The zero-order chi connectivity index (χ0) is 15.2. The number of ether oxygens (including phenoxy) is 2. The van der Waals surface area contributed by atoms with Gasteiger partial charge in [-0.15, -0.1) is 0 Å². The van der Waals surface area contributed by atoms with Crippen molar-refractivity contribution in [1.82, 2.24) is 10.2 Å². The Balaban J connectivity index is 1.89. The Hall–Kier alpha value is -2.08. The van der Waals surface area contributed by atoms with Crippen molar-refractivity contribution in [3.05, 3.63) is 29.8 Å². The SMILES string of the molecule is COc1cccc(C(=O)NCC(=O)N2CCOC[C@@H]2C)c1. The summed E-state index contributed by atoms with van der Waals surface area (Å²) in [6.07, 6.45) is 0. The Morgan fingerprint density at radius 1 is 1.48 bits per heavy atom. The summed E-state index contributed by atoms with van der Waals surface area (Å²) in [5.74, 6) is 0.223. The smallest absolute Gasteiger partial charge is 0.251 e. The number of amides is 2. The number of carbonyl (C=O) groups is 2. The maximum Gasteiger partial charge on any atom is 0.251 e. The number of nitrogens with one attached hydrogen (secondary N) is 1. The fourth-order valence-corrected chi connectivity index (χ4v) is 2.22. The first-order valence-corrected chi connectivity index (χ1v) is 6.91. The normalized spacial score (nSPS) is 18.2. The van der Waals surface area contributed by atoms with E-state index in [2.05, 4.69) is 5.32 Å². The molecular weight excluding hydrogens is 272 g/mol. The first-order valence-electron chi connectivity index (χ1n) is 6.91. The third-order valence-electron chi connectivity index (χ3n) is 3.42. The molecule has 0 bridgehead atoms. The minimum atomic E-state index is -0.289. The molecule has 0 radical (unpaired) electrons. The highest BCUT2D eigenvalue weighted by Crippen LogP contribution is 2.12. The average Bonchev–Trinajstić information content (AvgIpc) is 2.52. The highest BCUT2D eigenvalue weighted by molar-refractivity contribution is 5.96. The monoisotopic (exact) mass is 292 g/mol. The Labute approximate surface area is 124 Å². The predicted molar refractivity (Wildman–Crippen MR) is 77.3 cm³/mol. The topological polar surface area (TPSA) is 67.9 Å². The molecule has 0 aliphatic carbocycles. The molecule has 1 aromatic rings. The van der Waals surface area contributed by atoms with Crippen LogP contribution in [0.4, 0.5) is 0 Å². The number of hydrogen-bond donors (Lipinski definition) is 1. The van der Waals surface area contributed by atoms with Crippen LogP contribution in [0.1, 0.15) is 17.3 Å². The van der Waals surface area contributed by atoms with Crippen molar-refractivity contribution in [2.75, 3.05) is 33.4 Å². The van der Waals surface area contributed by atoms with Crippen LogP contribution in [0.3, 0.4) is 0 Å². The Bertz CT molecular complexity index is 518. The minimum absolute atomic E-state index is 0.0135. The Morgan fingerprint density at radius 2 is 2.29 bits per heavy atom. The molecule has 0 spiro atoms. The highest BCUT2D eigenvalue weighted by Gasteiger charge is 2.23. The zero-order valence-electron chi connectivity index (χ0n) is 12.3. The van der Waals surface area contributed by atoms with Crippen LogP contribution >= 0.6 is 0 Å². The molecule has 2 rings (SSSR count). The first kappa shape index (κ1) is 15.3. The first-order chi connectivity index (χ1) is 10.1. The van der Waals surface area contributed by atoms with Gasteiger partial charge in [-0.3, -0.25) is 9.59 Å². The van der Waals surface area contributed by atoms with Crippen LogP contribution in [0.25, 0.3) is 0 Å². The molecule has 1 fully saturated rings. The fraction of sp³-hybridized carbons (Fsp3) is 0.467. The largest absolute Gasteiger partial charge is 0.497 e. The van der Waals surface area contributed by atoms with E-state index in [1.165, 1.54) is 0 Å². The Morgan fingerprint density at radius 3 is 3.00 bits per heavy atom. The van der Waals surface area contributed by atoms with Crippen LogP contribution in [0.15, 0.2) is 24.3 Å². The average molecular weight is 292 g/mol. The van der Waals surface area contributed by atoms with Gasteiger partial charge in [-0.1, -0.05) is 6.07 Å². The van der Waals surface area contributed by atoms with Crippen LogP contribution in [-0.4, -0.2) is 56.2 Å². The van der Waals surface area contributed by atoms with Crippen LogP contribution in [0.5, 0.6) is 5.75 Å². The van der Waals surface area contributed by atoms with Crippen molar-refractivity contribution in [3.8, 4) is 5.75 Å². The van der Waals surface area contributed by atoms with E-state index in [4.69, 9.17) is 9.47 Å². The standard InChI is InChI=1S/C15H20N2O4/c1-11-10-21-7-6-17(11)14(18)9-16-15(19)12-4-3-5-13(8-12)20-2/h3-5,8,11H,6-7,9-10H2,1-2H3,(H,16,19)/t11-/m0/s1. The van der Waals surface area contributed by atoms with E-state index in [-0.39, 0.29) is 24.4 Å². The molecular formula is C15H20N2O4. The summed E-state index contributed by atoms with van der Waals surface area (Å²) in [4.78, 5) is 25.8. The van der Waals surface area contributed by atoms with E-state index in [0.29, 0.717) is 31.1 Å². The van der Waals surface area contributed by atoms with Gasteiger partial charge >= 0.3 is 0 Å². The number of hydrogen-bond acceptors (Lipinski definition) is 4. The van der Waals surface area contributed by atoms with Crippen molar-refractivity contribution >= 4 is 11.8 Å². The highest BCUT2D eigenvalue weighted by atomic mass is 16.5. The lowest BCUT2D eigenvalue weighted by Gasteiger charge is -2.33. The molecule has 1 atom stereocenters. The summed E-state index contributed by atoms with van der Waals surface area (Å²) in [7, 11) is 1.54. The Kier molecular flexibility index (Phi) is 5.16. The third-order valence-corrected chi connectivity index (χ3v) is 3.42. The molecule has 2 amide bonds. The maximum absolute atomic E-state index is 12.1. The van der Waals surface area contributed by atoms with Crippen molar-refractivity contribution in [2.45, 2.75) is 13.0 Å². The van der Waals surface area contributed by atoms with E-state index in [9.17, 15) is 9.59 Å². The van der Waals surface area contributed by atoms with Crippen molar-refractivity contribution in [1.29, 1.82) is 0 Å². The van der Waals surface area contributed by atoms with E-state index in [1.807, 2.05) is 6.92 Å². The number of carbonyl (C=O) groups excluding carboxylic acids is 2. The zero-order valence-corrected chi connectivity index (χ0v) is 12.3. The van der Waals surface area contributed by atoms with Gasteiger partial charge in [0.1, 0.15) is 5.75 Å². The van der Waals surface area contributed by atoms with Gasteiger partial charge < -0.3 is 19.7 Å². The third kappa shape index (κ3) is 3.95. The molecule has 0 saturated carbocycles. The summed E-state index contributed by atoms with van der Waals surface area (Å²) < 4.78 is 10.4. The van der Waals surface area contributed by atoms with Gasteiger partial charge in [0.15, 0.2) is 0 Å². The van der Waals surface area contributed by atoms with Gasteiger partial charge in [0, 0.05) is 12.1 Å². The van der Waals surface area contributed by atoms with Crippen molar-refractivity contribution in [2.24, 2.45) is 0 Å². The quantitative estimate of drug-likeness (QED) is 0.886. The van der Waals surface area contributed by atoms with Gasteiger partial charge in [0.25, 0.3) is 5.91 Å². The molecule has 1 heterocycles. The number of nitrogens with zero attached hydrogens (tertiary/aromatic N) is 1. The second-order valence-electron chi connectivity index (χ2n) is 4.93. The number of methoxy groups -OCH3 is 1. The predicted octanol–water partition coefficient (Wildman–Crippen LogP) is 0.672. The molecule has 1 aliphatic heterocycles. The van der Waals surface area contributed by atoms with E-state index in [0.717, 1.165) is 0 Å². The molecule has 21 heavy (non-hydrogen) atoms. The van der Waals surface area contributed by atoms with Gasteiger partial charge in [0.05, 0.1) is 32.9 Å². The summed E-state index contributed by atoms with van der Waals surface area (Å²) in [5.41, 5.74) is 0.470. The summed E-state index contributed by atoms with van der Waals surface area (Å²) in [6, 6.07) is 6.85. The molecule has 1 aliphatic rings. The van der Waals surface area contributed by atoms with Gasteiger partial charge in [0.2, 0.25) is 5.91 Å². The van der Waals surface area contributed by atoms with E-state index >= 15 is 0 Å². The lowest BCUT2D eigenvalue weighted by molar-refractivity contribution is -0.137. The number of morpholine rings is 1. The molecule has 1 aromatic carbocycles. The lowest BCUT2D eigenvalue weighted by Crippen LogP contribution is -2.50. The molecule has 0 aromatic heterocycles. The van der Waals surface area contributed by atoms with Gasteiger partial charge in [-0.2, -0.15) is 0 Å². The van der Waals surface area contributed by atoms with Gasteiger partial charge in [-0.25, -0.2) is 0 Å². The van der Waals surface area contributed by atoms with Crippen molar-refractivity contribution < 1.29 is 19.1 Å². The lowest BCUT2D eigenvalue weighted by atomic mass is 10.2. The molecule has 6 heteroatoms. The van der Waals surface area contributed by atoms with Crippen LogP contribution in [0.2, 0.25) is 0 Å². The summed E-state index contributed by atoms with van der Waals surface area (Å²) >= 11 is 0. The van der Waals surface area contributed by atoms with Crippen LogP contribution in [-0.2, 0) is 9.53 Å². The fourth-order valence-electron chi connectivity index (χ4n) is 2.22. The van der Waals surface area contributed by atoms with Crippen LogP contribution in [0, 0.1) is 0 Å². The summed E-state index contributed by atoms with van der Waals surface area (Å²) in [5, 5.41) is 2.64. The molecule has 114 valence electrons. The van der Waals surface area contributed by atoms with E-state index in [1.54, 1.807) is 36.3 Å². The molecule has 1 N–H and O–H groups in total. The maximum atomic E-state index is 12.1. The van der Waals surface area contributed by atoms with Crippen LogP contribution < -0.4 is 10.1 Å². The molecule has 6 nitrogen and oxygen atoms in total. The second-order valence-corrected chi connectivity index (χ2v) is 4.93. The minimum Gasteiger partial charge on any atom is -0.497 e. The summed E-state index contributed by atoms with van der Waals surface area (Å²) in [6.45, 7) is 3.56. The number of benzene rings is 1.